The Morgan fingerprint density at radius 2 is 1.70 bits per heavy atom. The summed E-state index contributed by atoms with van der Waals surface area (Å²) in [7, 11) is -3.66. The molecule has 3 aromatic rings. The van der Waals surface area contributed by atoms with E-state index in [1.54, 1.807) is 23.5 Å². The molecule has 0 bridgehead atoms. The van der Waals surface area contributed by atoms with Crippen LogP contribution in [0, 0.1) is 0 Å². The van der Waals surface area contributed by atoms with Crippen molar-refractivity contribution in [1.29, 1.82) is 0 Å². The average molecular weight is 409 g/mol. The highest BCUT2D eigenvalue weighted by atomic mass is 79.9. The second kappa shape index (κ2) is 6.52. The summed E-state index contributed by atoms with van der Waals surface area (Å²) in [5.41, 5.74) is 2.90. The van der Waals surface area contributed by atoms with E-state index in [0.717, 1.165) is 27.2 Å². The zero-order valence-corrected chi connectivity index (χ0v) is 15.2. The molecule has 0 radical (unpaired) electrons. The van der Waals surface area contributed by atoms with E-state index in [0.29, 0.717) is 0 Å². The third-order valence-corrected chi connectivity index (χ3v) is 5.61. The first-order valence-electron chi connectivity index (χ1n) is 6.74. The molecule has 3 rings (SSSR count). The van der Waals surface area contributed by atoms with E-state index in [9.17, 15) is 8.42 Å². The third kappa shape index (κ3) is 4.06. The van der Waals surface area contributed by atoms with Gasteiger partial charge < -0.3 is 0 Å². The van der Waals surface area contributed by atoms with Crippen molar-refractivity contribution in [1.82, 2.24) is 4.98 Å². The van der Waals surface area contributed by atoms with Crippen molar-refractivity contribution < 1.29 is 8.42 Å². The van der Waals surface area contributed by atoms with Crippen molar-refractivity contribution in [2.24, 2.45) is 5.14 Å². The molecule has 23 heavy (non-hydrogen) atoms. The number of sulfonamides is 1. The molecule has 0 aliphatic heterocycles. The van der Waals surface area contributed by atoms with E-state index in [-0.39, 0.29) is 4.90 Å². The molecule has 0 aliphatic carbocycles. The van der Waals surface area contributed by atoms with Crippen LogP contribution in [0.1, 0.15) is 10.6 Å². The summed E-state index contributed by atoms with van der Waals surface area (Å²) in [5, 5.41) is 8.09. The molecule has 0 spiro atoms. The van der Waals surface area contributed by atoms with Crippen LogP contribution in [0.15, 0.2) is 63.3 Å². The van der Waals surface area contributed by atoms with E-state index in [1.165, 1.54) is 17.7 Å². The molecule has 0 atom stereocenters. The highest BCUT2D eigenvalue weighted by molar-refractivity contribution is 9.10. The lowest BCUT2D eigenvalue weighted by Gasteiger charge is -2.00. The molecule has 1 heterocycles. The molecule has 4 nitrogen and oxygen atoms in total. The van der Waals surface area contributed by atoms with Gasteiger partial charge in [0.2, 0.25) is 10.0 Å². The molecule has 2 aromatic carbocycles. The third-order valence-electron chi connectivity index (χ3n) is 3.30. The van der Waals surface area contributed by atoms with Gasteiger partial charge in [0.1, 0.15) is 0 Å². The Bertz CT molecular complexity index is 917. The molecule has 0 fully saturated rings. The second-order valence-corrected chi connectivity index (χ2v) is 8.42. The Kier molecular flexibility index (Phi) is 4.63. The molecule has 2 N–H and O–H groups in total. The van der Waals surface area contributed by atoms with Gasteiger partial charge in [-0.3, -0.25) is 0 Å². The monoisotopic (exact) mass is 408 g/mol. The van der Waals surface area contributed by atoms with Crippen LogP contribution in [0.25, 0.3) is 11.3 Å². The topological polar surface area (TPSA) is 73.1 Å². The van der Waals surface area contributed by atoms with Gasteiger partial charge in [0.05, 0.1) is 15.6 Å². The van der Waals surface area contributed by atoms with Gasteiger partial charge in [-0.2, -0.15) is 0 Å². The lowest BCUT2D eigenvalue weighted by molar-refractivity contribution is 0.598. The molecule has 0 aliphatic rings. The fourth-order valence-electron chi connectivity index (χ4n) is 2.12. The lowest BCUT2D eigenvalue weighted by atomic mass is 10.1. The minimum Gasteiger partial charge on any atom is -0.241 e. The molecule has 0 unspecified atom stereocenters. The Morgan fingerprint density at radius 1 is 1.04 bits per heavy atom. The second-order valence-electron chi connectivity index (χ2n) is 5.00. The smallest absolute Gasteiger partial charge is 0.238 e. The summed E-state index contributed by atoms with van der Waals surface area (Å²) in [5.74, 6) is 0. The van der Waals surface area contributed by atoms with Crippen molar-refractivity contribution >= 4 is 37.3 Å². The summed E-state index contributed by atoms with van der Waals surface area (Å²) < 4.78 is 23.6. The maximum Gasteiger partial charge on any atom is 0.238 e. The summed E-state index contributed by atoms with van der Waals surface area (Å²) >= 11 is 5.01. The van der Waals surface area contributed by atoms with Crippen LogP contribution in [0.3, 0.4) is 0 Å². The Labute approximate surface area is 147 Å². The van der Waals surface area contributed by atoms with Gasteiger partial charge in [-0.15, -0.1) is 11.3 Å². The van der Waals surface area contributed by atoms with Crippen LogP contribution < -0.4 is 5.14 Å². The fourth-order valence-corrected chi connectivity index (χ4v) is 3.73. The van der Waals surface area contributed by atoms with Gasteiger partial charge in [0, 0.05) is 21.8 Å². The van der Waals surface area contributed by atoms with Gasteiger partial charge in [0.25, 0.3) is 0 Å². The quantitative estimate of drug-likeness (QED) is 0.712. The standard InChI is InChI=1S/C16H13BrN2O2S2/c17-13-5-1-11(2-6-13)9-16-19-15(10-22-16)12-3-7-14(8-4-12)23(18,20)21/h1-8,10H,9H2,(H2,18,20,21). The number of rotatable bonds is 4. The Balaban J connectivity index is 1.80. The number of hydrogen-bond acceptors (Lipinski definition) is 4. The summed E-state index contributed by atoms with van der Waals surface area (Å²) in [6, 6.07) is 14.6. The zero-order chi connectivity index (χ0) is 16.4. The minimum absolute atomic E-state index is 0.103. The first-order valence-corrected chi connectivity index (χ1v) is 9.96. The van der Waals surface area contributed by atoms with E-state index in [2.05, 4.69) is 33.0 Å². The van der Waals surface area contributed by atoms with Gasteiger partial charge in [-0.25, -0.2) is 18.5 Å². The van der Waals surface area contributed by atoms with Crippen molar-refractivity contribution in [3.63, 3.8) is 0 Å². The van der Waals surface area contributed by atoms with Crippen LogP contribution in [0.5, 0.6) is 0 Å². The molecule has 0 saturated carbocycles. The first kappa shape index (κ1) is 16.3. The zero-order valence-electron chi connectivity index (χ0n) is 11.9. The van der Waals surface area contributed by atoms with E-state index in [4.69, 9.17) is 5.14 Å². The normalized spacial score (nSPS) is 11.6. The number of aromatic nitrogens is 1. The minimum atomic E-state index is -3.66. The van der Waals surface area contributed by atoms with E-state index in [1.807, 2.05) is 17.5 Å². The first-order chi connectivity index (χ1) is 10.9. The Hall–Kier alpha value is -1.54. The molecule has 1 aromatic heterocycles. The number of benzene rings is 2. The fraction of sp³-hybridized carbons (Fsp3) is 0.0625. The van der Waals surface area contributed by atoms with E-state index >= 15 is 0 Å². The van der Waals surface area contributed by atoms with Gasteiger partial charge in [-0.1, -0.05) is 40.2 Å². The van der Waals surface area contributed by atoms with Crippen LogP contribution in [-0.2, 0) is 16.4 Å². The molecule has 0 amide bonds. The Morgan fingerprint density at radius 3 is 2.30 bits per heavy atom. The molecule has 7 heteroatoms. The molecule has 118 valence electrons. The predicted octanol–water partition coefficient (Wildman–Crippen LogP) is 3.81. The van der Waals surface area contributed by atoms with Crippen molar-refractivity contribution in [2.45, 2.75) is 11.3 Å². The van der Waals surface area contributed by atoms with Crippen LogP contribution >= 0.6 is 27.3 Å². The highest BCUT2D eigenvalue weighted by Gasteiger charge is 2.09. The number of primary sulfonamides is 1. The number of thiazole rings is 1. The number of hydrogen-bond donors (Lipinski definition) is 1. The van der Waals surface area contributed by atoms with Gasteiger partial charge >= 0.3 is 0 Å². The highest BCUT2D eigenvalue weighted by Crippen LogP contribution is 2.25. The van der Waals surface area contributed by atoms with E-state index < -0.39 is 10.0 Å². The van der Waals surface area contributed by atoms with Crippen molar-refractivity contribution in [3.8, 4) is 11.3 Å². The summed E-state index contributed by atoms with van der Waals surface area (Å²) in [6.45, 7) is 0. The van der Waals surface area contributed by atoms with Crippen LogP contribution in [0.4, 0.5) is 0 Å². The molecule has 0 saturated heterocycles. The lowest BCUT2D eigenvalue weighted by Crippen LogP contribution is -2.11. The maximum absolute atomic E-state index is 11.3. The summed E-state index contributed by atoms with van der Waals surface area (Å²) in [6.07, 6.45) is 0.771. The molecular formula is C16H13BrN2O2S2. The predicted molar refractivity (Wildman–Crippen MR) is 95.9 cm³/mol. The van der Waals surface area contributed by atoms with Gasteiger partial charge in [0.15, 0.2) is 0 Å². The number of halogens is 1. The maximum atomic E-state index is 11.3. The largest absolute Gasteiger partial charge is 0.241 e. The van der Waals surface area contributed by atoms with Crippen LogP contribution in [0.2, 0.25) is 0 Å². The van der Waals surface area contributed by atoms with Crippen molar-refractivity contribution in [3.05, 3.63) is 69.0 Å². The summed E-state index contributed by atoms with van der Waals surface area (Å²) in [4.78, 5) is 4.72. The number of nitrogens with zero attached hydrogens (tertiary/aromatic N) is 1. The number of nitrogens with two attached hydrogens (primary N) is 1. The molecular weight excluding hydrogens is 396 g/mol. The van der Waals surface area contributed by atoms with Crippen LogP contribution in [-0.4, -0.2) is 13.4 Å². The van der Waals surface area contributed by atoms with Crippen molar-refractivity contribution in [2.75, 3.05) is 0 Å². The van der Waals surface area contributed by atoms with Gasteiger partial charge in [-0.05, 0) is 29.8 Å². The average Bonchev–Trinajstić information content (AvgIpc) is 2.97. The SMILES string of the molecule is NS(=O)(=O)c1ccc(-c2csc(Cc3ccc(Br)cc3)n2)cc1.